The van der Waals surface area contributed by atoms with Gasteiger partial charge < -0.3 is 15.4 Å². The first kappa shape index (κ1) is 17.9. The van der Waals surface area contributed by atoms with Crippen LogP contribution in [0.1, 0.15) is 0 Å². The van der Waals surface area contributed by atoms with Crippen LogP contribution in [0.4, 0.5) is 20.6 Å². The van der Waals surface area contributed by atoms with E-state index in [1.165, 1.54) is 11.8 Å². The molecule has 0 atom stereocenters. The van der Waals surface area contributed by atoms with E-state index >= 15 is 0 Å². The van der Waals surface area contributed by atoms with E-state index in [9.17, 15) is 9.18 Å². The summed E-state index contributed by atoms with van der Waals surface area (Å²) < 4.78 is 21.7. The Morgan fingerprint density at radius 1 is 1.15 bits per heavy atom. The van der Waals surface area contributed by atoms with Crippen LogP contribution in [-0.4, -0.2) is 22.9 Å². The minimum absolute atomic E-state index is 0.277. The zero-order valence-corrected chi connectivity index (χ0v) is 15.7. The zero-order valence-electron chi connectivity index (χ0n) is 14.1. The summed E-state index contributed by atoms with van der Waals surface area (Å²) in [5.41, 5.74) is 1.92. The lowest BCUT2D eigenvalue weighted by Crippen LogP contribution is -2.19. The van der Waals surface area contributed by atoms with Crippen molar-refractivity contribution >= 4 is 33.3 Å². The van der Waals surface area contributed by atoms with Gasteiger partial charge in [0, 0.05) is 28.5 Å². The molecule has 0 radical (unpaired) electrons. The molecular formula is C18H16BrFN4O2. The molecule has 2 aromatic carbocycles. The van der Waals surface area contributed by atoms with Crippen molar-refractivity contribution in [3.05, 3.63) is 59.0 Å². The summed E-state index contributed by atoms with van der Waals surface area (Å²) in [7, 11) is 3.14. The zero-order chi connectivity index (χ0) is 18.7. The van der Waals surface area contributed by atoms with E-state index in [0.29, 0.717) is 22.7 Å². The number of nitrogens with one attached hydrogen (secondary N) is 2. The second-order valence-corrected chi connectivity index (χ2v) is 6.38. The SMILES string of the molecule is COc1ccc(NC(=O)Nc2ccc(Br)cc2)cc1-c1c(F)cnn1C. The predicted molar refractivity (Wildman–Crippen MR) is 102 cm³/mol. The molecule has 0 aliphatic carbocycles. The first-order valence-corrected chi connectivity index (χ1v) is 8.46. The molecule has 0 aliphatic heterocycles. The number of rotatable bonds is 4. The highest BCUT2D eigenvalue weighted by Gasteiger charge is 2.16. The fourth-order valence-electron chi connectivity index (χ4n) is 2.51. The number of halogens is 2. The van der Waals surface area contributed by atoms with E-state index in [4.69, 9.17) is 4.74 Å². The summed E-state index contributed by atoms with van der Waals surface area (Å²) in [5, 5.41) is 9.36. The van der Waals surface area contributed by atoms with Gasteiger partial charge in [-0.25, -0.2) is 9.18 Å². The van der Waals surface area contributed by atoms with Crippen molar-refractivity contribution in [2.45, 2.75) is 0 Å². The number of urea groups is 1. The van der Waals surface area contributed by atoms with Crippen LogP contribution in [-0.2, 0) is 7.05 Å². The van der Waals surface area contributed by atoms with Crippen LogP contribution in [0.5, 0.6) is 5.75 Å². The number of carbonyl (C=O) groups excluding carboxylic acids is 1. The molecule has 2 amide bonds. The van der Waals surface area contributed by atoms with Crippen molar-refractivity contribution in [1.29, 1.82) is 0 Å². The topological polar surface area (TPSA) is 68.2 Å². The molecule has 26 heavy (non-hydrogen) atoms. The number of aromatic nitrogens is 2. The maximum Gasteiger partial charge on any atom is 0.323 e. The van der Waals surface area contributed by atoms with Gasteiger partial charge in [-0.15, -0.1) is 0 Å². The summed E-state index contributed by atoms with van der Waals surface area (Å²) in [5.74, 6) is 0.00799. The van der Waals surface area contributed by atoms with Gasteiger partial charge in [0.05, 0.1) is 13.3 Å². The van der Waals surface area contributed by atoms with Crippen LogP contribution in [0.3, 0.4) is 0 Å². The van der Waals surface area contributed by atoms with Gasteiger partial charge in [0.1, 0.15) is 11.4 Å². The number of ether oxygens (including phenoxy) is 1. The smallest absolute Gasteiger partial charge is 0.323 e. The van der Waals surface area contributed by atoms with E-state index in [0.717, 1.165) is 10.7 Å². The van der Waals surface area contributed by atoms with Crippen molar-refractivity contribution in [1.82, 2.24) is 9.78 Å². The van der Waals surface area contributed by atoms with Gasteiger partial charge in [0.15, 0.2) is 5.82 Å². The van der Waals surface area contributed by atoms with Gasteiger partial charge in [-0.05, 0) is 42.5 Å². The molecule has 6 nitrogen and oxygen atoms in total. The molecule has 2 N–H and O–H groups in total. The second kappa shape index (κ2) is 7.57. The third kappa shape index (κ3) is 3.85. The fraction of sp³-hybridized carbons (Fsp3) is 0.111. The maximum absolute atomic E-state index is 14.1. The molecule has 0 saturated carbocycles. The summed E-state index contributed by atoms with van der Waals surface area (Å²) >= 11 is 3.34. The number of methoxy groups -OCH3 is 1. The van der Waals surface area contributed by atoms with Gasteiger partial charge in [0.25, 0.3) is 0 Å². The van der Waals surface area contributed by atoms with Gasteiger partial charge >= 0.3 is 6.03 Å². The quantitative estimate of drug-likeness (QED) is 0.648. The molecular weight excluding hydrogens is 403 g/mol. The highest BCUT2D eigenvalue weighted by atomic mass is 79.9. The first-order valence-electron chi connectivity index (χ1n) is 7.67. The number of amides is 2. The molecule has 3 aromatic rings. The van der Waals surface area contributed by atoms with Crippen LogP contribution in [0.25, 0.3) is 11.3 Å². The van der Waals surface area contributed by atoms with E-state index < -0.39 is 11.8 Å². The number of aryl methyl sites for hydroxylation is 1. The van der Waals surface area contributed by atoms with Crippen molar-refractivity contribution in [3.63, 3.8) is 0 Å². The van der Waals surface area contributed by atoms with Crippen LogP contribution < -0.4 is 15.4 Å². The Bertz CT molecular complexity index is 921. The Morgan fingerprint density at radius 3 is 2.42 bits per heavy atom. The lowest BCUT2D eigenvalue weighted by molar-refractivity contribution is 0.262. The lowest BCUT2D eigenvalue weighted by Gasteiger charge is -2.13. The second-order valence-electron chi connectivity index (χ2n) is 5.47. The third-order valence-electron chi connectivity index (χ3n) is 3.71. The van der Waals surface area contributed by atoms with Crippen molar-refractivity contribution in [2.75, 3.05) is 17.7 Å². The fourth-order valence-corrected chi connectivity index (χ4v) is 2.78. The Balaban J connectivity index is 1.83. The standard InChI is InChI=1S/C18H16BrFN4O2/c1-24-17(15(20)10-21-24)14-9-13(7-8-16(14)26-2)23-18(25)22-12-5-3-11(19)4-6-12/h3-10H,1-2H3,(H2,22,23,25). The Labute approximate surface area is 158 Å². The Morgan fingerprint density at radius 2 is 1.81 bits per heavy atom. The molecule has 1 aromatic heterocycles. The largest absolute Gasteiger partial charge is 0.496 e. The molecule has 3 rings (SSSR count). The third-order valence-corrected chi connectivity index (χ3v) is 4.24. The van der Waals surface area contributed by atoms with E-state index in [1.807, 2.05) is 12.1 Å². The van der Waals surface area contributed by atoms with Gasteiger partial charge in [-0.1, -0.05) is 15.9 Å². The summed E-state index contributed by atoms with van der Waals surface area (Å²) in [6, 6.07) is 11.8. The average molecular weight is 419 g/mol. The average Bonchev–Trinajstić information content (AvgIpc) is 2.95. The number of carbonyl (C=O) groups is 1. The van der Waals surface area contributed by atoms with Crippen molar-refractivity contribution in [2.24, 2.45) is 7.05 Å². The number of benzene rings is 2. The van der Waals surface area contributed by atoms with Gasteiger partial charge in [-0.2, -0.15) is 5.10 Å². The number of anilines is 2. The minimum atomic E-state index is -0.470. The number of hydrogen-bond acceptors (Lipinski definition) is 3. The van der Waals surface area contributed by atoms with Crippen LogP contribution in [0.15, 0.2) is 53.1 Å². The Kier molecular flexibility index (Phi) is 5.22. The monoisotopic (exact) mass is 418 g/mol. The van der Waals surface area contributed by atoms with Crippen LogP contribution >= 0.6 is 15.9 Å². The molecule has 0 bridgehead atoms. The maximum atomic E-state index is 14.1. The molecule has 0 unspecified atom stereocenters. The lowest BCUT2D eigenvalue weighted by atomic mass is 10.1. The van der Waals surface area contributed by atoms with E-state index in [1.54, 1.807) is 37.4 Å². The summed E-state index contributed by atoms with van der Waals surface area (Å²) in [6.45, 7) is 0. The van der Waals surface area contributed by atoms with Crippen LogP contribution in [0, 0.1) is 5.82 Å². The molecule has 0 saturated heterocycles. The highest BCUT2D eigenvalue weighted by molar-refractivity contribution is 9.10. The van der Waals surface area contributed by atoms with E-state index in [-0.39, 0.29) is 5.69 Å². The predicted octanol–water partition coefficient (Wildman–Crippen LogP) is 4.64. The molecule has 8 heteroatoms. The summed E-state index contributed by atoms with van der Waals surface area (Å²) in [6.07, 6.45) is 1.13. The molecule has 0 aliphatic rings. The molecule has 134 valence electrons. The number of nitrogens with zero attached hydrogens (tertiary/aromatic N) is 2. The van der Waals surface area contributed by atoms with Gasteiger partial charge in [-0.3, -0.25) is 4.68 Å². The van der Waals surface area contributed by atoms with Gasteiger partial charge in [0.2, 0.25) is 0 Å². The molecule has 0 fully saturated rings. The minimum Gasteiger partial charge on any atom is -0.496 e. The summed E-state index contributed by atoms with van der Waals surface area (Å²) in [4.78, 5) is 12.2. The van der Waals surface area contributed by atoms with Crippen molar-refractivity contribution in [3.8, 4) is 17.0 Å². The van der Waals surface area contributed by atoms with Crippen LogP contribution in [0.2, 0.25) is 0 Å². The Hall–Kier alpha value is -2.87. The number of hydrogen-bond donors (Lipinski definition) is 2. The molecule has 1 heterocycles. The highest BCUT2D eigenvalue weighted by Crippen LogP contribution is 2.33. The van der Waals surface area contributed by atoms with E-state index in [2.05, 4.69) is 31.7 Å². The molecule has 0 spiro atoms. The first-order chi connectivity index (χ1) is 12.5. The normalized spacial score (nSPS) is 10.5. The van der Waals surface area contributed by atoms with Crippen molar-refractivity contribution < 1.29 is 13.9 Å².